The highest BCUT2D eigenvalue weighted by molar-refractivity contribution is 5.82. The molecule has 2 heteroatoms. The summed E-state index contributed by atoms with van der Waals surface area (Å²) >= 11 is 0. The first-order chi connectivity index (χ1) is 7.90. The number of fused-ring (bicyclic) bond motifs is 3. The van der Waals surface area contributed by atoms with E-state index in [1.165, 1.54) is 28.6 Å². The van der Waals surface area contributed by atoms with Crippen LogP contribution in [0.4, 0.5) is 5.69 Å². The normalized spacial score (nSPS) is 12.8. The van der Waals surface area contributed by atoms with Gasteiger partial charge >= 0.3 is 0 Å². The first-order valence-corrected chi connectivity index (χ1v) is 5.34. The van der Waals surface area contributed by atoms with Gasteiger partial charge in [0.1, 0.15) is 0 Å². The Kier molecular flexibility index (Phi) is 2.00. The summed E-state index contributed by atoms with van der Waals surface area (Å²) < 4.78 is 0. The fourth-order valence-corrected chi connectivity index (χ4v) is 2.34. The molecular formula is C14H12N2. The molecule has 0 unspecified atom stereocenters. The van der Waals surface area contributed by atoms with Gasteiger partial charge < -0.3 is 5.73 Å². The first kappa shape index (κ1) is 9.16. The number of rotatable bonds is 1. The number of hydrogen-bond acceptors (Lipinski definition) is 1. The molecule has 0 bridgehead atoms. The predicted octanol–water partition coefficient (Wildman–Crippen LogP) is 2.88. The lowest BCUT2D eigenvalue weighted by atomic mass is 10.1. The van der Waals surface area contributed by atoms with Crippen LogP contribution in [0.3, 0.4) is 0 Å². The Bertz CT molecular complexity index is 571. The Morgan fingerprint density at radius 1 is 1.00 bits per heavy atom. The van der Waals surface area contributed by atoms with Crippen LogP contribution in [0.15, 0.2) is 47.5 Å². The van der Waals surface area contributed by atoms with Crippen molar-refractivity contribution in [3.63, 3.8) is 0 Å². The van der Waals surface area contributed by atoms with Crippen LogP contribution in [-0.2, 0) is 6.42 Å². The number of hydrogen-bond donors (Lipinski definition) is 1. The second-order valence-electron chi connectivity index (χ2n) is 3.92. The Morgan fingerprint density at radius 3 is 2.69 bits per heavy atom. The van der Waals surface area contributed by atoms with E-state index in [9.17, 15) is 0 Å². The van der Waals surface area contributed by atoms with Crippen molar-refractivity contribution >= 4 is 12.0 Å². The van der Waals surface area contributed by atoms with Gasteiger partial charge in [-0.15, -0.1) is 0 Å². The Balaban J connectivity index is 2.23. The van der Waals surface area contributed by atoms with E-state index in [4.69, 9.17) is 5.73 Å². The lowest BCUT2D eigenvalue weighted by molar-refractivity contribution is 1.25. The van der Waals surface area contributed by atoms with Gasteiger partial charge in [0.2, 0.25) is 0 Å². The highest BCUT2D eigenvalue weighted by atomic mass is 14.8. The molecular weight excluding hydrogens is 196 g/mol. The molecule has 1 aliphatic rings. The molecule has 2 aromatic rings. The van der Waals surface area contributed by atoms with Gasteiger partial charge in [-0.3, -0.25) is 0 Å². The summed E-state index contributed by atoms with van der Waals surface area (Å²) in [6.45, 7) is 0. The topological polar surface area (TPSA) is 38.4 Å². The standard InChI is InChI=1S/C14H12N2/c15-9-16-14-7-3-6-12-11-5-2-1-4-10(11)8-13(12)14/h1-7,9H,8H2,(H2,15,16). The molecule has 16 heavy (non-hydrogen) atoms. The number of benzene rings is 2. The Hall–Kier alpha value is -2.09. The molecule has 0 saturated heterocycles. The van der Waals surface area contributed by atoms with Gasteiger partial charge in [0, 0.05) is 6.42 Å². The number of nitrogens with two attached hydrogens (primary N) is 1. The molecule has 0 atom stereocenters. The molecule has 0 heterocycles. The van der Waals surface area contributed by atoms with E-state index in [1.54, 1.807) is 0 Å². The average molecular weight is 208 g/mol. The zero-order chi connectivity index (χ0) is 11.0. The molecule has 3 rings (SSSR count). The minimum atomic E-state index is 0.957. The van der Waals surface area contributed by atoms with Crippen LogP contribution < -0.4 is 5.73 Å². The van der Waals surface area contributed by atoms with Crippen LogP contribution in [0.1, 0.15) is 11.1 Å². The molecule has 0 aliphatic heterocycles. The van der Waals surface area contributed by atoms with E-state index < -0.39 is 0 Å². The molecule has 2 aromatic carbocycles. The van der Waals surface area contributed by atoms with E-state index in [0.29, 0.717) is 0 Å². The Morgan fingerprint density at radius 2 is 1.81 bits per heavy atom. The van der Waals surface area contributed by atoms with Crippen LogP contribution in [0.25, 0.3) is 11.1 Å². The quantitative estimate of drug-likeness (QED) is 0.484. The van der Waals surface area contributed by atoms with E-state index in [1.807, 2.05) is 12.1 Å². The van der Waals surface area contributed by atoms with Gasteiger partial charge in [-0.1, -0.05) is 36.4 Å². The monoisotopic (exact) mass is 208 g/mol. The lowest BCUT2D eigenvalue weighted by Crippen LogP contribution is -1.88. The first-order valence-electron chi connectivity index (χ1n) is 5.34. The fraction of sp³-hybridized carbons (Fsp3) is 0.0714. The summed E-state index contributed by atoms with van der Waals surface area (Å²) in [4.78, 5) is 4.21. The second kappa shape index (κ2) is 3.49. The molecule has 2 nitrogen and oxygen atoms in total. The smallest absolute Gasteiger partial charge is 0.0860 e. The minimum Gasteiger partial charge on any atom is -0.390 e. The largest absolute Gasteiger partial charge is 0.390 e. The SMILES string of the molecule is NC=Nc1cccc2c1Cc1ccccc1-2. The van der Waals surface area contributed by atoms with Crippen molar-refractivity contribution in [2.45, 2.75) is 6.42 Å². The van der Waals surface area contributed by atoms with Gasteiger partial charge in [-0.2, -0.15) is 0 Å². The van der Waals surface area contributed by atoms with Crippen LogP contribution >= 0.6 is 0 Å². The van der Waals surface area contributed by atoms with Crippen LogP contribution in [-0.4, -0.2) is 6.34 Å². The third-order valence-corrected chi connectivity index (χ3v) is 3.04. The molecule has 0 amide bonds. The van der Waals surface area contributed by atoms with E-state index in [0.717, 1.165) is 12.1 Å². The Labute approximate surface area is 94.4 Å². The van der Waals surface area contributed by atoms with E-state index in [2.05, 4.69) is 35.3 Å². The van der Waals surface area contributed by atoms with Crippen molar-refractivity contribution in [3.05, 3.63) is 53.6 Å². The van der Waals surface area contributed by atoms with Gasteiger partial charge in [-0.05, 0) is 28.3 Å². The minimum absolute atomic E-state index is 0.957. The number of nitrogens with zero attached hydrogens (tertiary/aromatic N) is 1. The summed E-state index contributed by atoms with van der Waals surface area (Å²) in [5.74, 6) is 0. The van der Waals surface area contributed by atoms with Crippen molar-refractivity contribution < 1.29 is 0 Å². The zero-order valence-corrected chi connectivity index (χ0v) is 8.85. The molecule has 78 valence electrons. The maximum atomic E-state index is 5.37. The molecule has 1 aliphatic carbocycles. The second-order valence-corrected chi connectivity index (χ2v) is 3.92. The van der Waals surface area contributed by atoms with E-state index >= 15 is 0 Å². The lowest BCUT2D eigenvalue weighted by Gasteiger charge is -2.02. The average Bonchev–Trinajstić information content (AvgIpc) is 2.69. The van der Waals surface area contributed by atoms with Gasteiger partial charge in [0.05, 0.1) is 12.0 Å². The third kappa shape index (κ3) is 1.23. The molecule has 0 spiro atoms. The number of aliphatic imine (C=N–C) groups is 1. The third-order valence-electron chi connectivity index (χ3n) is 3.04. The maximum Gasteiger partial charge on any atom is 0.0860 e. The molecule has 0 saturated carbocycles. The molecule has 2 N–H and O–H groups in total. The summed E-state index contributed by atoms with van der Waals surface area (Å²) in [6.07, 6.45) is 2.32. The van der Waals surface area contributed by atoms with Gasteiger partial charge in [-0.25, -0.2) is 4.99 Å². The summed E-state index contributed by atoms with van der Waals surface area (Å²) in [5.41, 5.74) is 11.6. The van der Waals surface area contributed by atoms with Crippen molar-refractivity contribution in [2.24, 2.45) is 10.7 Å². The zero-order valence-electron chi connectivity index (χ0n) is 8.85. The fourth-order valence-electron chi connectivity index (χ4n) is 2.34. The van der Waals surface area contributed by atoms with Gasteiger partial charge in [0.15, 0.2) is 0 Å². The van der Waals surface area contributed by atoms with Crippen LogP contribution in [0, 0.1) is 0 Å². The highest BCUT2D eigenvalue weighted by Crippen LogP contribution is 2.40. The predicted molar refractivity (Wildman–Crippen MR) is 67.0 cm³/mol. The van der Waals surface area contributed by atoms with Crippen molar-refractivity contribution in [3.8, 4) is 11.1 Å². The van der Waals surface area contributed by atoms with E-state index in [-0.39, 0.29) is 0 Å². The van der Waals surface area contributed by atoms with Crippen LogP contribution in [0.2, 0.25) is 0 Å². The van der Waals surface area contributed by atoms with Crippen molar-refractivity contribution in [1.29, 1.82) is 0 Å². The highest BCUT2D eigenvalue weighted by Gasteiger charge is 2.19. The summed E-state index contributed by atoms with van der Waals surface area (Å²) in [6, 6.07) is 14.7. The van der Waals surface area contributed by atoms with Crippen molar-refractivity contribution in [2.75, 3.05) is 0 Å². The molecule has 0 aromatic heterocycles. The molecule has 0 radical (unpaired) electrons. The summed E-state index contributed by atoms with van der Waals surface area (Å²) in [5, 5.41) is 0. The maximum absolute atomic E-state index is 5.37. The van der Waals surface area contributed by atoms with Crippen LogP contribution in [0.5, 0.6) is 0 Å². The summed E-state index contributed by atoms with van der Waals surface area (Å²) in [7, 11) is 0. The molecule has 0 fully saturated rings. The van der Waals surface area contributed by atoms with Gasteiger partial charge in [0.25, 0.3) is 0 Å². The van der Waals surface area contributed by atoms with Crippen molar-refractivity contribution in [1.82, 2.24) is 0 Å².